The molecule has 6 rings (SSSR count). The van der Waals surface area contributed by atoms with Crippen molar-refractivity contribution in [2.45, 2.75) is 31.8 Å². The summed E-state index contributed by atoms with van der Waals surface area (Å²) in [6.45, 7) is 2.30. The van der Waals surface area contributed by atoms with E-state index in [1.54, 1.807) is 41.9 Å². The molecule has 6 heterocycles. The number of rotatable bonds is 6. The fourth-order valence-corrected chi connectivity index (χ4v) is 5.51. The van der Waals surface area contributed by atoms with Crippen LogP contribution in [0.15, 0.2) is 64.3 Å². The van der Waals surface area contributed by atoms with Gasteiger partial charge in [0.2, 0.25) is 5.91 Å². The number of nitrogens with zero attached hydrogens (tertiary/aromatic N) is 5. The number of anilines is 3. The fraction of sp³-hybridized carbons (Fsp3) is 0.200. The van der Waals surface area contributed by atoms with Crippen LogP contribution >= 0.6 is 11.3 Å². The average Bonchev–Trinajstić information content (AvgIpc) is 3.62. The van der Waals surface area contributed by atoms with E-state index in [0.717, 1.165) is 15.0 Å². The summed E-state index contributed by atoms with van der Waals surface area (Å²) in [5, 5.41) is 10.9. The zero-order valence-corrected chi connectivity index (χ0v) is 20.5. The van der Waals surface area contributed by atoms with E-state index in [-0.39, 0.29) is 23.1 Å². The third-order valence-electron chi connectivity index (χ3n) is 6.25. The Balaban J connectivity index is 1.21. The normalized spacial score (nSPS) is 16.6. The minimum atomic E-state index is -0.667. The van der Waals surface area contributed by atoms with Gasteiger partial charge in [0.15, 0.2) is 11.6 Å². The minimum absolute atomic E-state index is 0.0429. The standard InChI is InChI=1S/C25H22N8O3S/c1-13-6-18(24(34)30-11-15-7-14-10-28-21(26)9-20(14)37-15)33-23(13)29-12-17(25(33)35)31-22-8-19(36-32-22)16-4-2-3-5-27-16/h2-5,7-10,12-13,18H,6,11H2,1H3,(H2,26,28)(H,30,34)(H,31,32)/t13-,18+/m1/s1. The highest BCUT2D eigenvalue weighted by molar-refractivity contribution is 7.19. The summed E-state index contributed by atoms with van der Waals surface area (Å²) >= 11 is 1.54. The highest BCUT2D eigenvalue weighted by Crippen LogP contribution is 2.34. The number of carbonyl (C=O) groups is 1. The zero-order chi connectivity index (χ0) is 25.5. The van der Waals surface area contributed by atoms with Crippen molar-refractivity contribution >= 4 is 44.7 Å². The van der Waals surface area contributed by atoms with Gasteiger partial charge in [-0.25, -0.2) is 9.97 Å². The van der Waals surface area contributed by atoms with Gasteiger partial charge in [0.1, 0.15) is 29.1 Å². The first-order valence-electron chi connectivity index (χ1n) is 11.6. The van der Waals surface area contributed by atoms with Gasteiger partial charge in [-0.2, -0.15) is 0 Å². The van der Waals surface area contributed by atoms with Crippen LogP contribution < -0.4 is 21.9 Å². The molecule has 0 spiro atoms. The number of hydrogen-bond acceptors (Lipinski definition) is 10. The van der Waals surface area contributed by atoms with E-state index in [1.807, 2.05) is 25.1 Å². The van der Waals surface area contributed by atoms with Gasteiger partial charge in [-0.3, -0.25) is 19.1 Å². The second kappa shape index (κ2) is 9.13. The summed E-state index contributed by atoms with van der Waals surface area (Å²) in [7, 11) is 0. The van der Waals surface area contributed by atoms with Crippen molar-refractivity contribution in [3.63, 3.8) is 0 Å². The molecular formula is C25H22N8O3S. The lowest BCUT2D eigenvalue weighted by Gasteiger charge is -2.15. The summed E-state index contributed by atoms with van der Waals surface area (Å²) in [5.74, 6) is 1.55. The number of nitrogen functional groups attached to an aromatic ring is 1. The number of nitrogens with one attached hydrogen (secondary N) is 2. The molecule has 186 valence electrons. The largest absolute Gasteiger partial charge is 0.384 e. The van der Waals surface area contributed by atoms with Crippen LogP contribution in [0.2, 0.25) is 0 Å². The third-order valence-corrected chi connectivity index (χ3v) is 7.35. The SMILES string of the molecule is C[C@@H]1C[C@@H](C(=O)NCc2cc3cnc(N)cc3s2)n2c1ncc(Nc1cc(-c3ccccn3)on1)c2=O. The molecule has 0 saturated heterocycles. The topological polar surface area (TPSA) is 154 Å². The Morgan fingerprint density at radius 2 is 2.11 bits per heavy atom. The Bertz CT molecular complexity index is 1680. The maximum atomic E-state index is 13.4. The van der Waals surface area contributed by atoms with Gasteiger partial charge in [-0.05, 0) is 30.7 Å². The molecule has 0 radical (unpaired) electrons. The van der Waals surface area contributed by atoms with Gasteiger partial charge in [0.05, 0.1) is 12.7 Å². The fourth-order valence-electron chi connectivity index (χ4n) is 4.49. The summed E-state index contributed by atoms with van der Waals surface area (Å²) in [4.78, 5) is 40.4. The molecule has 1 aliphatic heterocycles. The summed E-state index contributed by atoms with van der Waals surface area (Å²) in [6.07, 6.45) is 5.33. The zero-order valence-electron chi connectivity index (χ0n) is 19.7. The molecule has 4 N–H and O–H groups in total. The Morgan fingerprint density at radius 1 is 1.22 bits per heavy atom. The van der Waals surface area contributed by atoms with Gasteiger partial charge in [-0.15, -0.1) is 11.3 Å². The van der Waals surface area contributed by atoms with Gasteiger partial charge >= 0.3 is 0 Å². The summed E-state index contributed by atoms with van der Waals surface area (Å²) in [5.41, 5.74) is 6.24. The van der Waals surface area contributed by atoms with Crippen LogP contribution in [-0.4, -0.2) is 30.6 Å². The van der Waals surface area contributed by atoms with E-state index in [2.05, 4.69) is 30.7 Å². The van der Waals surface area contributed by atoms with E-state index >= 15 is 0 Å². The highest BCUT2D eigenvalue weighted by Gasteiger charge is 2.35. The first-order chi connectivity index (χ1) is 18.0. The molecule has 1 aliphatic rings. The molecule has 0 saturated carbocycles. The molecule has 0 unspecified atom stereocenters. The molecule has 1 amide bonds. The van der Waals surface area contributed by atoms with Crippen molar-refractivity contribution in [3.8, 4) is 11.5 Å². The van der Waals surface area contributed by atoms with Gasteiger partial charge < -0.3 is 20.9 Å². The molecule has 37 heavy (non-hydrogen) atoms. The second-order valence-electron chi connectivity index (χ2n) is 8.85. The molecule has 5 aromatic heterocycles. The minimum Gasteiger partial charge on any atom is -0.384 e. The molecule has 0 aromatic carbocycles. The highest BCUT2D eigenvalue weighted by atomic mass is 32.1. The van der Waals surface area contributed by atoms with E-state index in [4.69, 9.17) is 10.3 Å². The Kier molecular flexibility index (Phi) is 5.64. The predicted molar refractivity (Wildman–Crippen MR) is 139 cm³/mol. The third kappa shape index (κ3) is 4.31. The van der Waals surface area contributed by atoms with E-state index in [0.29, 0.717) is 41.9 Å². The molecule has 0 bridgehead atoms. The van der Waals surface area contributed by atoms with Crippen LogP contribution in [0.1, 0.15) is 36.0 Å². The number of amides is 1. The van der Waals surface area contributed by atoms with Gasteiger partial charge in [0.25, 0.3) is 5.56 Å². The lowest BCUT2D eigenvalue weighted by Crippen LogP contribution is -2.36. The first-order valence-corrected chi connectivity index (χ1v) is 12.5. The molecule has 0 aliphatic carbocycles. The van der Waals surface area contributed by atoms with Crippen molar-refractivity contribution in [1.29, 1.82) is 0 Å². The van der Waals surface area contributed by atoms with Crippen LogP contribution in [0.4, 0.5) is 17.3 Å². The van der Waals surface area contributed by atoms with Crippen LogP contribution in [0.25, 0.3) is 21.5 Å². The number of carbonyl (C=O) groups excluding carboxylic acids is 1. The van der Waals surface area contributed by atoms with Crippen LogP contribution in [0.3, 0.4) is 0 Å². The molecule has 2 atom stereocenters. The molecular weight excluding hydrogens is 492 g/mol. The molecule has 11 nitrogen and oxygen atoms in total. The number of hydrogen-bond donors (Lipinski definition) is 3. The number of fused-ring (bicyclic) bond motifs is 2. The van der Waals surface area contributed by atoms with Crippen LogP contribution in [0.5, 0.6) is 0 Å². The van der Waals surface area contributed by atoms with Crippen LogP contribution in [-0.2, 0) is 11.3 Å². The van der Waals surface area contributed by atoms with E-state index in [9.17, 15) is 9.59 Å². The Hall–Kier alpha value is -4.58. The van der Waals surface area contributed by atoms with Crippen molar-refractivity contribution in [3.05, 3.63) is 76.0 Å². The lowest BCUT2D eigenvalue weighted by atomic mass is 10.1. The monoisotopic (exact) mass is 514 g/mol. The van der Waals surface area contributed by atoms with Crippen molar-refractivity contribution in [1.82, 2.24) is 30.0 Å². The van der Waals surface area contributed by atoms with Gasteiger partial charge in [-0.1, -0.05) is 18.1 Å². The smallest absolute Gasteiger partial charge is 0.278 e. The molecule has 0 fully saturated rings. The Morgan fingerprint density at radius 3 is 2.95 bits per heavy atom. The number of nitrogens with two attached hydrogens (primary N) is 1. The summed E-state index contributed by atoms with van der Waals surface area (Å²) < 4.78 is 7.83. The number of pyridine rings is 2. The maximum Gasteiger partial charge on any atom is 0.278 e. The van der Waals surface area contributed by atoms with Gasteiger partial charge in [0, 0.05) is 39.3 Å². The maximum absolute atomic E-state index is 13.4. The predicted octanol–water partition coefficient (Wildman–Crippen LogP) is 3.59. The first kappa shape index (κ1) is 22.9. The number of aromatic nitrogens is 5. The van der Waals surface area contributed by atoms with Crippen molar-refractivity contribution in [2.75, 3.05) is 11.1 Å². The number of thiophene rings is 1. The second-order valence-corrected chi connectivity index (χ2v) is 10.0. The van der Waals surface area contributed by atoms with E-state index in [1.165, 1.54) is 10.8 Å². The van der Waals surface area contributed by atoms with Crippen molar-refractivity contribution < 1.29 is 9.32 Å². The van der Waals surface area contributed by atoms with E-state index < -0.39 is 6.04 Å². The average molecular weight is 515 g/mol. The summed E-state index contributed by atoms with van der Waals surface area (Å²) in [6, 6.07) is 10.2. The van der Waals surface area contributed by atoms with Crippen LogP contribution in [0, 0.1) is 0 Å². The van der Waals surface area contributed by atoms with Crippen molar-refractivity contribution in [2.24, 2.45) is 0 Å². The quantitative estimate of drug-likeness (QED) is 0.308. The molecule has 12 heteroatoms. The lowest BCUT2D eigenvalue weighted by molar-refractivity contribution is -0.124. The molecule has 5 aromatic rings. The Labute approximate surface area is 214 Å².